The van der Waals surface area contributed by atoms with Crippen LogP contribution in [0.15, 0.2) is 33.9 Å². The minimum Gasteiger partial charge on any atom is -0.478 e. The van der Waals surface area contributed by atoms with Crippen LogP contribution < -0.4 is 11.1 Å². The molecule has 0 fully saturated rings. The van der Waals surface area contributed by atoms with Gasteiger partial charge in [-0.2, -0.15) is 0 Å². The van der Waals surface area contributed by atoms with Crippen LogP contribution in [0.5, 0.6) is 0 Å². The van der Waals surface area contributed by atoms with Gasteiger partial charge in [-0.3, -0.25) is 9.59 Å². The lowest BCUT2D eigenvalue weighted by molar-refractivity contribution is 0.0599. The summed E-state index contributed by atoms with van der Waals surface area (Å²) < 4.78 is 32.8. The molecule has 37 heavy (non-hydrogen) atoms. The van der Waals surface area contributed by atoms with E-state index in [1.807, 2.05) is 0 Å². The van der Waals surface area contributed by atoms with Gasteiger partial charge in [0.1, 0.15) is 11.6 Å². The van der Waals surface area contributed by atoms with Crippen molar-refractivity contribution in [1.29, 1.82) is 0 Å². The molecule has 2 heterocycles. The Hall–Kier alpha value is -4.34. The number of esters is 1. The summed E-state index contributed by atoms with van der Waals surface area (Å²) in [5, 5.41) is 9.64. The zero-order valence-electron chi connectivity index (χ0n) is 19.8. The van der Waals surface area contributed by atoms with Crippen molar-refractivity contribution in [1.82, 2.24) is 9.97 Å². The minimum absolute atomic E-state index is 0.0982. The molecule has 0 amide bonds. The van der Waals surface area contributed by atoms with Crippen molar-refractivity contribution >= 4 is 33.7 Å². The molecule has 0 saturated carbocycles. The standard InChI is InChI=1S/C14H12FNO3.C13H10FNO3/c1-19-14(18)7-5-10(15)12-8-3-2-4-9(8)13(17)16-11(12)6-7;14-9-4-6(13(17)18)5-10-11(9)7-2-1-3-8(7)12(16)15-10/h5-6H,2-4H2,1H3,(H,16,17);4-5H,1-3H2,(H,15,16)(H,17,18). The molecule has 2 aliphatic rings. The molecule has 0 saturated heterocycles. The number of methoxy groups -OCH3 is 1. The number of aromatic amines is 2. The van der Waals surface area contributed by atoms with Crippen LogP contribution in [0.2, 0.25) is 0 Å². The molecule has 2 aromatic carbocycles. The topological polar surface area (TPSA) is 129 Å². The number of pyridine rings is 2. The Morgan fingerprint density at radius 3 is 1.65 bits per heavy atom. The minimum atomic E-state index is -1.21. The van der Waals surface area contributed by atoms with E-state index < -0.39 is 23.6 Å². The Kier molecular flexibility index (Phi) is 6.10. The number of hydrogen-bond acceptors (Lipinski definition) is 5. The molecule has 4 aromatic rings. The van der Waals surface area contributed by atoms with E-state index >= 15 is 0 Å². The van der Waals surface area contributed by atoms with Gasteiger partial charge in [0.25, 0.3) is 11.1 Å². The molecule has 0 atom stereocenters. The monoisotopic (exact) mass is 508 g/mol. The summed E-state index contributed by atoms with van der Waals surface area (Å²) in [4.78, 5) is 51.2. The molecular weight excluding hydrogens is 486 g/mol. The van der Waals surface area contributed by atoms with Crippen LogP contribution in [-0.4, -0.2) is 34.1 Å². The van der Waals surface area contributed by atoms with Crippen molar-refractivity contribution in [2.24, 2.45) is 0 Å². The number of carboxylic acids is 1. The maximum atomic E-state index is 14.2. The van der Waals surface area contributed by atoms with Crippen molar-refractivity contribution in [3.63, 3.8) is 0 Å². The van der Waals surface area contributed by atoms with Crippen molar-refractivity contribution in [2.75, 3.05) is 7.11 Å². The number of nitrogens with one attached hydrogen (secondary N) is 2. The molecule has 0 bridgehead atoms. The number of aryl methyl sites for hydroxylation is 2. The van der Waals surface area contributed by atoms with E-state index in [1.165, 1.54) is 19.2 Å². The van der Waals surface area contributed by atoms with Gasteiger partial charge >= 0.3 is 11.9 Å². The van der Waals surface area contributed by atoms with Crippen LogP contribution >= 0.6 is 0 Å². The third-order valence-electron chi connectivity index (χ3n) is 6.93. The predicted octanol–water partition coefficient (Wildman–Crippen LogP) is 3.80. The summed E-state index contributed by atoms with van der Waals surface area (Å²) in [5.41, 5.74) is 2.91. The number of carbonyl (C=O) groups is 2. The molecule has 10 heteroatoms. The summed E-state index contributed by atoms with van der Waals surface area (Å²) in [6.07, 6.45) is 4.39. The molecule has 0 aliphatic heterocycles. The number of fused-ring (bicyclic) bond motifs is 6. The fourth-order valence-corrected chi connectivity index (χ4v) is 5.32. The van der Waals surface area contributed by atoms with Gasteiger partial charge in [-0.25, -0.2) is 18.4 Å². The Morgan fingerprint density at radius 1 is 0.757 bits per heavy atom. The van der Waals surface area contributed by atoms with E-state index in [2.05, 4.69) is 14.7 Å². The average Bonchev–Trinajstić information content (AvgIpc) is 3.54. The van der Waals surface area contributed by atoms with Gasteiger partial charge in [0.2, 0.25) is 0 Å². The molecule has 0 radical (unpaired) electrons. The number of benzene rings is 2. The lowest BCUT2D eigenvalue weighted by atomic mass is 10.0. The fourth-order valence-electron chi connectivity index (χ4n) is 5.32. The van der Waals surface area contributed by atoms with Crippen LogP contribution in [0, 0.1) is 11.6 Å². The van der Waals surface area contributed by atoms with Crippen molar-refractivity contribution < 1.29 is 28.2 Å². The zero-order chi connectivity index (χ0) is 26.4. The smallest absolute Gasteiger partial charge is 0.338 e. The van der Waals surface area contributed by atoms with Crippen LogP contribution in [0.25, 0.3) is 21.8 Å². The van der Waals surface area contributed by atoms with Gasteiger partial charge in [-0.05, 0) is 73.9 Å². The number of halogens is 2. The van der Waals surface area contributed by atoms with Gasteiger partial charge < -0.3 is 19.8 Å². The fraction of sp³-hybridized carbons (Fsp3) is 0.259. The third-order valence-corrected chi connectivity index (χ3v) is 6.93. The van der Waals surface area contributed by atoms with Crippen LogP contribution in [0.4, 0.5) is 8.78 Å². The molecule has 6 rings (SSSR count). The van der Waals surface area contributed by atoms with E-state index in [0.717, 1.165) is 36.1 Å². The molecule has 0 spiro atoms. The first-order valence-corrected chi connectivity index (χ1v) is 11.8. The number of aromatic nitrogens is 2. The Morgan fingerprint density at radius 2 is 1.19 bits per heavy atom. The molecule has 0 unspecified atom stereocenters. The summed E-state index contributed by atoms with van der Waals surface area (Å²) >= 11 is 0. The number of aromatic carboxylic acids is 1. The molecule has 2 aromatic heterocycles. The Balaban J connectivity index is 0.000000152. The summed E-state index contributed by atoms with van der Waals surface area (Å²) in [5.74, 6) is -2.91. The Labute approximate surface area is 207 Å². The molecule has 190 valence electrons. The van der Waals surface area contributed by atoms with Gasteiger partial charge in [-0.1, -0.05) is 0 Å². The van der Waals surface area contributed by atoms with E-state index in [0.29, 0.717) is 53.1 Å². The quantitative estimate of drug-likeness (QED) is 0.353. The van der Waals surface area contributed by atoms with Gasteiger partial charge in [0.05, 0.1) is 29.3 Å². The maximum absolute atomic E-state index is 14.2. The van der Waals surface area contributed by atoms with E-state index in [1.54, 1.807) is 0 Å². The zero-order valence-corrected chi connectivity index (χ0v) is 19.8. The molecule has 2 aliphatic carbocycles. The molecule has 3 N–H and O–H groups in total. The highest BCUT2D eigenvalue weighted by atomic mass is 19.1. The first kappa shape index (κ1) is 24.4. The highest BCUT2D eigenvalue weighted by Gasteiger charge is 2.23. The first-order chi connectivity index (χ1) is 17.7. The lowest BCUT2D eigenvalue weighted by Crippen LogP contribution is -2.14. The number of carboxylic acid groups (broad SMARTS) is 1. The Bertz CT molecular complexity index is 1740. The second kappa shape index (κ2) is 9.27. The largest absolute Gasteiger partial charge is 0.478 e. The highest BCUT2D eigenvalue weighted by molar-refractivity contribution is 5.96. The van der Waals surface area contributed by atoms with Crippen LogP contribution in [0.3, 0.4) is 0 Å². The lowest BCUT2D eigenvalue weighted by Gasteiger charge is -2.08. The highest BCUT2D eigenvalue weighted by Crippen LogP contribution is 2.30. The van der Waals surface area contributed by atoms with E-state index in [-0.39, 0.29) is 27.8 Å². The number of H-pyrrole nitrogens is 2. The predicted molar refractivity (Wildman–Crippen MR) is 131 cm³/mol. The van der Waals surface area contributed by atoms with Crippen molar-refractivity contribution in [2.45, 2.75) is 38.5 Å². The normalized spacial score (nSPS) is 13.7. The van der Waals surface area contributed by atoms with Crippen molar-refractivity contribution in [3.8, 4) is 0 Å². The van der Waals surface area contributed by atoms with Gasteiger partial charge in [0, 0.05) is 21.9 Å². The number of rotatable bonds is 2. The van der Waals surface area contributed by atoms with Crippen LogP contribution in [0.1, 0.15) is 55.8 Å². The second-order valence-corrected chi connectivity index (χ2v) is 9.09. The number of ether oxygens (including phenoxy) is 1. The summed E-state index contributed by atoms with van der Waals surface area (Å²) in [6.45, 7) is 0. The van der Waals surface area contributed by atoms with Crippen molar-refractivity contribution in [3.05, 3.63) is 90.0 Å². The van der Waals surface area contributed by atoms with Crippen LogP contribution in [-0.2, 0) is 30.4 Å². The van der Waals surface area contributed by atoms with Gasteiger partial charge in [-0.15, -0.1) is 0 Å². The maximum Gasteiger partial charge on any atom is 0.338 e. The van der Waals surface area contributed by atoms with E-state index in [9.17, 15) is 28.0 Å². The molecule has 8 nitrogen and oxygen atoms in total. The number of hydrogen-bond donors (Lipinski definition) is 3. The average molecular weight is 508 g/mol. The first-order valence-electron chi connectivity index (χ1n) is 11.8. The second-order valence-electron chi connectivity index (χ2n) is 9.09. The third kappa shape index (κ3) is 4.18. The molecular formula is C27H22F2N2O6. The van der Waals surface area contributed by atoms with Gasteiger partial charge in [0.15, 0.2) is 0 Å². The number of carbonyl (C=O) groups excluding carboxylic acids is 1. The SMILES string of the molecule is COC(=O)c1cc(F)c2c3c(c(=O)[nH]c2c1)CCC3.O=C(O)c1cc(F)c2c3c(c(=O)[nH]c2c1)CCC3. The summed E-state index contributed by atoms with van der Waals surface area (Å²) in [6, 6.07) is 4.93. The van der Waals surface area contributed by atoms with E-state index in [4.69, 9.17) is 5.11 Å². The summed E-state index contributed by atoms with van der Waals surface area (Å²) in [7, 11) is 1.23.